The van der Waals surface area contributed by atoms with Crippen LogP contribution in [0.15, 0.2) is 41.4 Å². The topological polar surface area (TPSA) is 17.8 Å². The number of hydrogen-bond donors (Lipinski definition) is 0. The van der Waals surface area contributed by atoms with Gasteiger partial charge in [-0.1, -0.05) is 41.5 Å². The Bertz CT molecular complexity index is 930. The molecule has 158 valence electrons. The molecule has 1 unspecified atom stereocenters. The van der Waals surface area contributed by atoms with Crippen molar-refractivity contribution in [1.82, 2.24) is 9.55 Å². The SMILES string of the molecule is CC.CCC(C)c1ncccc1-c1c(CC(C)C)c2cc(SF)ccc2n1CC. The third kappa shape index (κ3) is 4.85. The normalized spacial score (nSPS) is 12.2. The van der Waals surface area contributed by atoms with Gasteiger partial charge in [-0.2, -0.15) is 3.89 Å². The maximum Gasteiger partial charge on any atom is 0.0812 e. The van der Waals surface area contributed by atoms with Crippen molar-refractivity contribution in [3.63, 3.8) is 0 Å². The third-order valence-corrected chi connectivity index (χ3v) is 5.76. The van der Waals surface area contributed by atoms with E-state index < -0.39 is 0 Å². The summed E-state index contributed by atoms with van der Waals surface area (Å²) in [6, 6.07) is 10.2. The first-order valence-electron chi connectivity index (χ1n) is 10.9. The highest BCUT2D eigenvalue weighted by atomic mass is 32.2. The van der Waals surface area contributed by atoms with Gasteiger partial charge in [0, 0.05) is 34.1 Å². The van der Waals surface area contributed by atoms with Crippen molar-refractivity contribution < 1.29 is 3.89 Å². The predicted octanol–water partition coefficient (Wildman–Crippen LogP) is 8.44. The fourth-order valence-corrected chi connectivity index (χ4v) is 4.19. The second-order valence-corrected chi connectivity index (χ2v) is 8.30. The third-order valence-electron chi connectivity index (χ3n) is 5.33. The molecule has 0 aliphatic carbocycles. The lowest BCUT2D eigenvalue weighted by molar-refractivity contribution is 0.647. The van der Waals surface area contributed by atoms with E-state index >= 15 is 0 Å². The molecule has 0 fully saturated rings. The molecule has 1 atom stereocenters. The van der Waals surface area contributed by atoms with E-state index in [-0.39, 0.29) is 0 Å². The smallest absolute Gasteiger partial charge is 0.0812 e. The van der Waals surface area contributed by atoms with E-state index in [9.17, 15) is 3.89 Å². The molecule has 0 radical (unpaired) electrons. The van der Waals surface area contributed by atoms with E-state index in [1.807, 2.05) is 38.2 Å². The maximum atomic E-state index is 13.3. The summed E-state index contributed by atoms with van der Waals surface area (Å²) in [4.78, 5) is 5.42. The molecule has 0 aliphatic rings. The first-order chi connectivity index (χ1) is 14.0. The number of rotatable bonds is 7. The first kappa shape index (κ1) is 23.5. The van der Waals surface area contributed by atoms with E-state index in [1.165, 1.54) is 27.7 Å². The molecular weight excluding hydrogens is 379 g/mol. The second-order valence-electron chi connectivity index (χ2n) is 7.67. The molecule has 0 amide bonds. The fraction of sp³-hybridized carbons (Fsp3) is 0.480. The number of hydrogen-bond acceptors (Lipinski definition) is 2. The summed E-state index contributed by atoms with van der Waals surface area (Å²) >= 11 is 0.320. The fourth-order valence-electron chi connectivity index (χ4n) is 3.91. The van der Waals surface area contributed by atoms with Crippen molar-refractivity contribution in [3.8, 4) is 11.3 Å². The van der Waals surface area contributed by atoms with Crippen LogP contribution in [0.5, 0.6) is 0 Å². The number of fused-ring (bicyclic) bond motifs is 1. The van der Waals surface area contributed by atoms with Crippen LogP contribution in [-0.2, 0) is 13.0 Å². The zero-order valence-electron chi connectivity index (χ0n) is 18.9. The molecule has 2 nitrogen and oxygen atoms in total. The Kier molecular flexibility index (Phi) is 8.76. The van der Waals surface area contributed by atoms with Gasteiger partial charge < -0.3 is 4.57 Å². The maximum absolute atomic E-state index is 13.3. The zero-order chi connectivity index (χ0) is 21.6. The van der Waals surface area contributed by atoms with Crippen LogP contribution in [0, 0.1) is 5.92 Å². The van der Waals surface area contributed by atoms with Crippen LogP contribution in [0.3, 0.4) is 0 Å². The van der Waals surface area contributed by atoms with Crippen LogP contribution < -0.4 is 0 Å². The van der Waals surface area contributed by atoms with Gasteiger partial charge in [0.05, 0.1) is 23.5 Å². The predicted molar refractivity (Wildman–Crippen MR) is 126 cm³/mol. The molecule has 1 aromatic carbocycles. The number of halogens is 1. The number of pyridine rings is 1. The summed E-state index contributed by atoms with van der Waals surface area (Å²) in [5.41, 5.74) is 6.12. The van der Waals surface area contributed by atoms with Gasteiger partial charge in [0.1, 0.15) is 0 Å². The monoisotopic (exact) mass is 414 g/mol. The van der Waals surface area contributed by atoms with Crippen molar-refractivity contribution in [3.05, 3.63) is 47.8 Å². The molecule has 29 heavy (non-hydrogen) atoms. The van der Waals surface area contributed by atoms with E-state index in [1.54, 1.807) is 0 Å². The Morgan fingerprint density at radius 2 is 1.83 bits per heavy atom. The Morgan fingerprint density at radius 3 is 2.41 bits per heavy atom. The van der Waals surface area contributed by atoms with E-state index in [0.717, 1.165) is 25.1 Å². The first-order valence-corrected chi connectivity index (χ1v) is 11.6. The molecule has 0 saturated heterocycles. The second kappa shape index (κ2) is 10.8. The van der Waals surface area contributed by atoms with Gasteiger partial charge in [-0.3, -0.25) is 4.98 Å². The molecule has 2 heterocycles. The van der Waals surface area contributed by atoms with Crippen molar-refractivity contribution >= 4 is 23.1 Å². The summed E-state index contributed by atoms with van der Waals surface area (Å²) in [5.74, 6) is 0.915. The van der Waals surface area contributed by atoms with Crippen molar-refractivity contribution in [2.24, 2.45) is 5.92 Å². The van der Waals surface area contributed by atoms with Crippen LogP contribution in [-0.4, -0.2) is 9.55 Å². The minimum absolute atomic E-state index is 0.320. The molecule has 0 N–H and O–H groups in total. The standard InChI is InChI=1S/C23H29FN2S.C2H6/c1-6-16(5)22-18(9-8-12-25-22)23-20(13-15(3)4)19-14-17(27-24)10-11-21(19)26(23)7-2;1-2/h8-12,14-16H,6-7,13H2,1-5H3;1-2H3. The number of benzene rings is 1. The Hall–Kier alpha value is -1.81. The highest BCUT2D eigenvalue weighted by molar-refractivity contribution is 7.94. The largest absolute Gasteiger partial charge is 0.340 e. The number of nitrogens with zero attached hydrogens (tertiary/aromatic N) is 2. The highest BCUT2D eigenvalue weighted by Crippen LogP contribution is 2.40. The summed E-state index contributed by atoms with van der Waals surface area (Å²) in [7, 11) is 0. The van der Waals surface area contributed by atoms with E-state index in [4.69, 9.17) is 4.98 Å². The van der Waals surface area contributed by atoms with Gasteiger partial charge >= 0.3 is 0 Å². The minimum atomic E-state index is 0.320. The Balaban J connectivity index is 0.00000145. The molecule has 0 bridgehead atoms. The molecule has 0 saturated carbocycles. The molecule has 2 aromatic heterocycles. The quantitative estimate of drug-likeness (QED) is 0.386. The lowest BCUT2D eigenvalue weighted by atomic mass is 9.92. The Labute approximate surface area is 180 Å². The zero-order valence-corrected chi connectivity index (χ0v) is 19.7. The number of aryl methyl sites for hydroxylation is 1. The van der Waals surface area contributed by atoms with Gasteiger partial charge in [0.2, 0.25) is 0 Å². The van der Waals surface area contributed by atoms with Crippen molar-refractivity contribution in [2.45, 2.75) is 78.7 Å². The lowest BCUT2D eigenvalue weighted by Gasteiger charge is -2.18. The summed E-state index contributed by atoms with van der Waals surface area (Å²) in [6.45, 7) is 16.0. The van der Waals surface area contributed by atoms with Gasteiger partial charge in [0.15, 0.2) is 0 Å². The molecule has 0 aliphatic heterocycles. The van der Waals surface area contributed by atoms with Gasteiger partial charge in [-0.15, -0.1) is 0 Å². The minimum Gasteiger partial charge on any atom is -0.340 e. The van der Waals surface area contributed by atoms with Crippen molar-refractivity contribution in [1.29, 1.82) is 0 Å². The van der Waals surface area contributed by atoms with Crippen LogP contribution in [0.2, 0.25) is 0 Å². The average molecular weight is 415 g/mol. The van der Waals surface area contributed by atoms with Gasteiger partial charge in [-0.25, -0.2) is 0 Å². The van der Waals surface area contributed by atoms with Gasteiger partial charge in [-0.05, 0) is 67.5 Å². The molecule has 3 aromatic rings. The van der Waals surface area contributed by atoms with Gasteiger partial charge in [0.25, 0.3) is 0 Å². The summed E-state index contributed by atoms with van der Waals surface area (Å²) < 4.78 is 15.7. The van der Waals surface area contributed by atoms with Crippen LogP contribution >= 0.6 is 12.1 Å². The summed E-state index contributed by atoms with van der Waals surface area (Å²) in [5, 5.41) is 1.17. The van der Waals surface area contributed by atoms with Crippen LogP contribution in [0.1, 0.15) is 72.1 Å². The highest BCUT2D eigenvalue weighted by Gasteiger charge is 2.23. The van der Waals surface area contributed by atoms with E-state index in [2.05, 4.69) is 51.3 Å². The average Bonchev–Trinajstić information content (AvgIpc) is 3.06. The van der Waals surface area contributed by atoms with Crippen molar-refractivity contribution in [2.75, 3.05) is 0 Å². The Morgan fingerprint density at radius 1 is 1.10 bits per heavy atom. The van der Waals surface area contributed by atoms with E-state index in [0.29, 0.717) is 28.9 Å². The molecule has 4 heteroatoms. The summed E-state index contributed by atoms with van der Waals surface area (Å²) in [6.07, 6.45) is 3.91. The molecular formula is C25H35FN2S. The molecule has 3 rings (SSSR count). The van der Waals surface area contributed by atoms with Crippen LogP contribution in [0.25, 0.3) is 22.2 Å². The number of aromatic nitrogens is 2. The lowest BCUT2D eigenvalue weighted by Crippen LogP contribution is -2.05. The van der Waals surface area contributed by atoms with Crippen LogP contribution in [0.4, 0.5) is 3.89 Å². The molecule has 0 spiro atoms.